The van der Waals surface area contributed by atoms with E-state index in [1.54, 1.807) is 12.1 Å². The Kier molecular flexibility index (Phi) is 5.24. The summed E-state index contributed by atoms with van der Waals surface area (Å²) in [6.07, 6.45) is 6.66. The third-order valence-corrected chi connectivity index (χ3v) is 8.25. The Morgan fingerprint density at radius 3 is 2.27 bits per heavy atom. The lowest BCUT2D eigenvalue weighted by Crippen LogP contribution is -2.60. The van der Waals surface area contributed by atoms with Crippen molar-refractivity contribution in [2.24, 2.45) is 23.7 Å². The summed E-state index contributed by atoms with van der Waals surface area (Å²) >= 11 is 13.6. The van der Waals surface area contributed by atoms with Gasteiger partial charge in [0, 0.05) is 16.0 Å². The fourth-order valence-electron chi connectivity index (χ4n) is 5.28. The molecule has 0 aromatic heterocycles. The summed E-state index contributed by atoms with van der Waals surface area (Å²) in [5, 5.41) is 4.59. The molecule has 1 amide bonds. The smallest absolute Gasteiger partial charge is 0.240 e. The number of nitrogens with one attached hydrogen (secondary N) is 2. The second-order valence-electron chi connectivity index (χ2n) is 8.83. The molecule has 0 spiro atoms. The van der Waals surface area contributed by atoms with E-state index in [4.69, 9.17) is 23.2 Å². The Morgan fingerprint density at radius 2 is 1.69 bits per heavy atom. The molecule has 0 aliphatic heterocycles. The van der Waals surface area contributed by atoms with Gasteiger partial charge >= 0.3 is 0 Å². The van der Waals surface area contributed by atoms with Gasteiger partial charge in [-0.15, -0.1) is 0 Å². The molecule has 26 heavy (non-hydrogen) atoms. The summed E-state index contributed by atoms with van der Waals surface area (Å²) in [5.41, 5.74) is -0.678. The Labute approximate surface area is 170 Å². The van der Waals surface area contributed by atoms with Crippen LogP contribution >= 0.6 is 35.1 Å². The largest absolute Gasteiger partial charge is 0.351 e. The van der Waals surface area contributed by atoms with E-state index in [2.05, 4.69) is 10.0 Å². The molecule has 2 N–H and O–H groups in total. The molecule has 0 heterocycles. The van der Waals surface area contributed by atoms with E-state index in [-0.39, 0.29) is 5.91 Å². The van der Waals surface area contributed by atoms with Crippen molar-refractivity contribution >= 4 is 41.1 Å². The van der Waals surface area contributed by atoms with E-state index >= 15 is 0 Å². The predicted octanol–water partition coefficient (Wildman–Crippen LogP) is 5.31. The van der Waals surface area contributed by atoms with Crippen LogP contribution in [0.3, 0.4) is 0 Å². The third kappa shape index (κ3) is 3.76. The molecule has 4 saturated carbocycles. The van der Waals surface area contributed by atoms with Crippen LogP contribution in [-0.2, 0) is 4.79 Å². The van der Waals surface area contributed by atoms with Crippen molar-refractivity contribution in [1.82, 2.24) is 10.0 Å². The molecule has 0 atom stereocenters. The molecule has 4 bridgehead atoms. The van der Waals surface area contributed by atoms with E-state index in [1.807, 2.05) is 19.9 Å². The van der Waals surface area contributed by atoms with Crippen LogP contribution in [0.2, 0.25) is 10.0 Å². The van der Waals surface area contributed by atoms with Gasteiger partial charge in [0.05, 0.1) is 5.02 Å². The highest BCUT2D eigenvalue weighted by atomic mass is 35.5. The lowest BCUT2D eigenvalue weighted by Gasteiger charge is -2.54. The Balaban J connectivity index is 1.37. The molecule has 142 valence electrons. The SMILES string of the molecule is CC(C)(NSc1ccc(Cl)cc1Cl)C(=O)NC1C2CC3CC(C2)CC1C3. The number of carbonyl (C=O) groups is 1. The molecule has 6 heteroatoms. The van der Waals surface area contributed by atoms with Crippen molar-refractivity contribution in [3.8, 4) is 0 Å². The van der Waals surface area contributed by atoms with Gasteiger partial charge in [-0.25, -0.2) is 4.72 Å². The fourth-order valence-corrected chi connectivity index (χ4v) is 6.55. The number of hydrogen-bond donors (Lipinski definition) is 2. The van der Waals surface area contributed by atoms with Gasteiger partial charge < -0.3 is 5.32 Å². The van der Waals surface area contributed by atoms with Crippen molar-refractivity contribution < 1.29 is 4.79 Å². The second kappa shape index (κ2) is 7.20. The monoisotopic (exact) mass is 412 g/mol. The number of benzene rings is 1. The van der Waals surface area contributed by atoms with E-state index in [0.717, 1.165) is 16.7 Å². The molecule has 0 unspecified atom stereocenters. The van der Waals surface area contributed by atoms with E-state index < -0.39 is 5.54 Å². The molecule has 0 radical (unpaired) electrons. The molecule has 1 aromatic carbocycles. The third-order valence-electron chi connectivity index (χ3n) is 6.40. The first-order chi connectivity index (χ1) is 12.3. The van der Waals surface area contributed by atoms with Gasteiger partial charge in [-0.3, -0.25) is 4.79 Å². The summed E-state index contributed by atoms with van der Waals surface area (Å²) in [6.45, 7) is 3.85. The van der Waals surface area contributed by atoms with Crippen molar-refractivity contribution in [3.05, 3.63) is 28.2 Å². The average molecular weight is 413 g/mol. The van der Waals surface area contributed by atoms with Crippen molar-refractivity contribution in [2.75, 3.05) is 0 Å². The molecule has 3 nitrogen and oxygen atoms in total. The van der Waals surface area contributed by atoms with Crippen LogP contribution in [0.5, 0.6) is 0 Å². The molecule has 5 rings (SSSR count). The first-order valence-electron chi connectivity index (χ1n) is 9.52. The summed E-state index contributed by atoms with van der Waals surface area (Å²) in [4.78, 5) is 13.8. The lowest BCUT2D eigenvalue weighted by molar-refractivity contribution is -0.129. The first-order valence-corrected chi connectivity index (χ1v) is 11.1. The molecule has 4 aliphatic rings. The van der Waals surface area contributed by atoms with Crippen molar-refractivity contribution in [1.29, 1.82) is 0 Å². The van der Waals surface area contributed by atoms with Crippen LogP contribution < -0.4 is 10.0 Å². The number of amides is 1. The van der Waals surface area contributed by atoms with E-state index in [0.29, 0.717) is 27.9 Å². The van der Waals surface area contributed by atoms with Crippen LogP contribution in [-0.4, -0.2) is 17.5 Å². The maximum Gasteiger partial charge on any atom is 0.240 e. The van der Waals surface area contributed by atoms with Crippen LogP contribution in [0.4, 0.5) is 0 Å². The van der Waals surface area contributed by atoms with Gasteiger partial charge in [0.15, 0.2) is 0 Å². The van der Waals surface area contributed by atoms with E-state index in [1.165, 1.54) is 44.1 Å². The zero-order valence-electron chi connectivity index (χ0n) is 15.2. The summed E-state index contributed by atoms with van der Waals surface area (Å²) in [7, 11) is 0. The van der Waals surface area contributed by atoms with Crippen molar-refractivity contribution in [2.45, 2.75) is 62.4 Å². The van der Waals surface area contributed by atoms with Gasteiger partial charge in [0.25, 0.3) is 0 Å². The maximum absolute atomic E-state index is 13.0. The Morgan fingerprint density at radius 1 is 1.08 bits per heavy atom. The van der Waals surface area contributed by atoms with Gasteiger partial charge in [-0.2, -0.15) is 0 Å². The quantitative estimate of drug-likeness (QED) is 0.643. The van der Waals surface area contributed by atoms with Crippen molar-refractivity contribution in [3.63, 3.8) is 0 Å². The lowest BCUT2D eigenvalue weighted by atomic mass is 9.54. The average Bonchev–Trinajstić information content (AvgIpc) is 2.56. The number of hydrogen-bond acceptors (Lipinski definition) is 3. The number of rotatable bonds is 5. The van der Waals surface area contributed by atoms with Crippen LogP contribution in [0.15, 0.2) is 23.1 Å². The standard InChI is InChI=1S/C20H26Cl2N2OS/c1-20(2,24-26-17-4-3-15(21)10-16(17)22)19(25)23-18-13-6-11-5-12(8-13)9-14(18)7-11/h3-4,10-14,18,24H,5-9H2,1-2H3,(H,23,25). The van der Waals surface area contributed by atoms with Crippen LogP contribution in [0.1, 0.15) is 46.0 Å². The Hall–Kier alpha value is -0.420. The van der Waals surface area contributed by atoms with Gasteiger partial charge in [0.1, 0.15) is 5.54 Å². The highest BCUT2D eigenvalue weighted by Crippen LogP contribution is 2.53. The number of carbonyl (C=O) groups excluding carboxylic acids is 1. The highest BCUT2D eigenvalue weighted by molar-refractivity contribution is 7.97. The van der Waals surface area contributed by atoms with Gasteiger partial charge in [0.2, 0.25) is 5.91 Å². The topological polar surface area (TPSA) is 41.1 Å². The summed E-state index contributed by atoms with van der Waals surface area (Å²) in [6, 6.07) is 5.75. The fraction of sp³-hybridized carbons (Fsp3) is 0.650. The minimum atomic E-state index is -0.678. The van der Waals surface area contributed by atoms with E-state index in [9.17, 15) is 4.79 Å². The number of halogens is 2. The minimum Gasteiger partial charge on any atom is -0.351 e. The molecular formula is C20H26Cl2N2OS. The maximum atomic E-state index is 13.0. The summed E-state index contributed by atoms with van der Waals surface area (Å²) < 4.78 is 3.29. The molecule has 4 fully saturated rings. The predicted molar refractivity (Wildman–Crippen MR) is 109 cm³/mol. The normalized spacial score (nSPS) is 32.7. The zero-order valence-corrected chi connectivity index (χ0v) is 17.6. The van der Waals surface area contributed by atoms with Crippen LogP contribution in [0.25, 0.3) is 0 Å². The highest BCUT2D eigenvalue weighted by Gasteiger charge is 2.49. The summed E-state index contributed by atoms with van der Waals surface area (Å²) in [5.74, 6) is 3.28. The minimum absolute atomic E-state index is 0.0764. The first kappa shape index (κ1) is 18.9. The Bertz CT molecular complexity index is 681. The molecular weight excluding hydrogens is 387 g/mol. The van der Waals surface area contributed by atoms with Gasteiger partial charge in [-0.05, 0) is 99.8 Å². The molecule has 4 aliphatic carbocycles. The molecule has 0 saturated heterocycles. The molecule has 1 aromatic rings. The van der Waals surface area contributed by atoms with Gasteiger partial charge in [-0.1, -0.05) is 23.2 Å². The second-order valence-corrected chi connectivity index (χ2v) is 10.5. The zero-order chi connectivity index (χ0) is 18.5. The van der Waals surface area contributed by atoms with Crippen LogP contribution in [0, 0.1) is 23.7 Å².